The van der Waals surface area contributed by atoms with Crippen molar-refractivity contribution in [3.63, 3.8) is 0 Å². The highest BCUT2D eigenvalue weighted by molar-refractivity contribution is 4.92. The summed E-state index contributed by atoms with van der Waals surface area (Å²) in [4.78, 5) is 0. The van der Waals surface area contributed by atoms with E-state index >= 15 is 0 Å². The van der Waals surface area contributed by atoms with E-state index in [9.17, 15) is 5.11 Å². The van der Waals surface area contributed by atoms with E-state index in [2.05, 4.69) is 6.92 Å². The molecule has 3 rings (SSSR count). The van der Waals surface area contributed by atoms with E-state index < -0.39 is 0 Å². The number of ether oxygens (including phenoxy) is 1. The van der Waals surface area contributed by atoms with E-state index in [0.29, 0.717) is 12.0 Å². The van der Waals surface area contributed by atoms with Crippen LogP contribution in [0.3, 0.4) is 0 Å². The summed E-state index contributed by atoms with van der Waals surface area (Å²) in [5, 5.41) is 10.1. The SMILES string of the molecule is CCCCCCCCCCCCCCCCCCOC1CC2CCC1C(O)C2. The van der Waals surface area contributed by atoms with Crippen LogP contribution >= 0.6 is 0 Å². The summed E-state index contributed by atoms with van der Waals surface area (Å²) < 4.78 is 6.15. The molecule has 2 bridgehead atoms. The zero-order chi connectivity index (χ0) is 19.9. The molecule has 4 atom stereocenters. The normalized spacial score (nSPS) is 26.8. The number of fused-ring (bicyclic) bond motifs is 3. The molecule has 2 nitrogen and oxygen atoms in total. The molecule has 0 aromatic carbocycles. The maximum absolute atomic E-state index is 10.1. The Morgan fingerprint density at radius 1 is 0.643 bits per heavy atom. The number of hydrogen-bond donors (Lipinski definition) is 1. The molecule has 4 unspecified atom stereocenters. The molecule has 2 heteroatoms. The standard InChI is InChI=1S/C26H50O2/c1-2-3-4-5-6-7-8-9-10-11-12-13-14-15-16-17-20-28-26-22-23-18-19-24(26)25(27)21-23/h23-27H,2-22H2,1H3. The van der Waals surface area contributed by atoms with Crippen molar-refractivity contribution < 1.29 is 9.84 Å². The first-order valence-corrected chi connectivity index (χ1v) is 13.1. The highest BCUT2D eigenvalue weighted by atomic mass is 16.5. The van der Waals surface area contributed by atoms with Gasteiger partial charge in [-0.2, -0.15) is 0 Å². The third-order valence-electron chi connectivity index (χ3n) is 7.35. The Bertz CT molecular complexity index is 356. The summed E-state index contributed by atoms with van der Waals surface area (Å²) in [5.41, 5.74) is 0. The van der Waals surface area contributed by atoms with Crippen molar-refractivity contribution in [2.24, 2.45) is 11.8 Å². The van der Waals surface area contributed by atoms with Gasteiger partial charge in [-0.3, -0.25) is 0 Å². The molecule has 166 valence electrons. The second-order valence-corrected chi connectivity index (χ2v) is 9.86. The van der Waals surface area contributed by atoms with Gasteiger partial charge in [0.05, 0.1) is 12.2 Å². The van der Waals surface area contributed by atoms with Crippen molar-refractivity contribution in [2.45, 2.75) is 148 Å². The molecule has 0 aliphatic heterocycles. The van der Waals surface area contributed by atoms with Crippen LogP contribution < -0.4 is 0 Å². The van der Waals surface area contributed by atoms with Crippen LogP contribution in [-0.4, -0.2) is 23.9 Å². The Morgan fingerprint density at radius 2 is 1.14 bits per heavy atom. The van der Waals surface area contributed by atoms with E-state index in [1.165, 1.54) is 122 Å². The number of aliphatic hydroxyl groups excluding tert-OH is 1. The van der Waals surface area contributed by atoms with Crippen molar-refractivity contribution in [3.8, 4) is 0 Å². The van der Waals surface area contributed by atoms with Gasteiger partial charge in [-0.15, -0.1) is 0 Å². The molecule has 0 aromatic heterocycles. The molecule has 0 aromatic rings. The van der Waals surface area contributed by atoms with Gasteiger partial charge in [0.25, 0.3) is 0 Å². The number of rotatable bonds is 18. The topological polar surface area (TPSA) is 29.5 Å². The fourth-order valence-corrected chi connectivity index (χ4v) is 5.48. The zero-order valence-electron chi connectivity index (χ0n) is 19.0. The van der Waals surface area contributed by atoms with Crippen LogP contribution in [0, 0.1) is 11.8 Å². The van der Waals surface area contributed by atoms with Crippen LogP contribution in [-0.2, 0) is 4.74 Å². The van der Waals surface area contributed by atoms with Crippen molar-refractivity contribution >= 4 is 0 Å². The maximum atomic E-state index is 10.1. The van der Waals surface area contributed by atoms with E-state index in [-0.39, 0.29) is 6.10 Å². The van der Waals surface area contributed by atoms with Crippen molar-refractivity contribution in [3.05, 3.63) is 0 Å². The van der Waals surface area contributed by atoms with Gasteiger partial charge in [0.15, 0.2) is 0 Å². The van der Waals surface area contributed by atoms with Gasteiger partial charge >= 0.3 is 0 Å². The van der Waals surface area contributed by atoms with Crippen LogP contribution in [0.25, 0.3) is 0 Å². The van der Waals surface area contributed by atoms with Gasteiger partial charge in [0, 0.05) is 12.5 Å². The molecule has 0 heterocycles. The summed E-state index contributed by atoms with van der Waals surface area (Å²) in [6.07, 6.45) is 27.7. The Hall–Kier alpha value is -0.0800. The number of unbranched alkanes of at least 4 members (excludes halogenated alkanes) is 15. The lowest BCUT2D eigenvalue weighted by molar-refractivity contribution is -0.111. The highest BCUT2D eigenvalue weighted by Gasteiger charge is 2.41. The van der Waals surface area contributed by atoms with Crippen molar-refractivity contribution in [1.29, 1.82) is 0 Å². The highest BCUT2D eigenvalue weighted by Crippen LogP contribution is 2.42. The Balaban J connectivity index is 1.27. The summed E-state index contributed by atoms with van der Waals surface area (Å²) in [6, 6.07) is 0. The predicted molar refractivity (Wildman–Crippen MR) is 121 cm³/mol. The molecule has 3 aliphatic rings. The van der Waals surface area contributed by atoms with Crippen molar-refractivity contribution in [1.82, 2.24) is 0 Å². The van der Waals surface area contributed by atoms with E-state index in [0.717, 1.165) is 18.9 Å². The lowest BCUT2D eigenvalue weighted by atomic mass is 9.67. The smallest absolute Gasteiger partial charge is 0.0630 e. The predicted octanol–water partition coefficient (Wildman–Crippen LogP) is 7.81. The van der Waals surface area contributed by atoms with Gasteiger partial charge in [0.2, 0.25) is 0 Å². The average molecular weight is 395 g/mol. The quantitative estimate of drug-likeness (QED) is 0.240. The summed E-state index contributed by atoms with van der Waals surface area (Å²) in [7, 11) is 0. The first-order chi connectivity index (χ1) is 13.8. The first kappa shape index (κ1) is 24.2. The lowest BCUT2D eigenvalue weighted by Gasteiger charge is -2.45. The van der Waals surface area contributed by atoms with Crippen LogP contribution in [0.5, 0.6) is 0 Å². The van der Waals surface area contributed by atoms with Gasteiger partial charge in [0.1, 0.15) is 0 Å². The fourth-order valence-electron chi connectivity index (χ4n) is 5.48. The molecule has 0 radical (unpaired) electrons. The van der Waals surface area contributed by atoms with E-state index in [1.54, 1.807) is 0 Å². The molecular formula is C26H50O2. The molecule has 28 heavy (non-hydrogen) atoms. The number of aliphatic hydroxyl groups is 1. The second kappa shape index (κ2) is 15.7. The molecule has 0 amide bonds. The molecule has 3 saturated carbocycles. The Kier molecular flexibility index (Phi) is 13.6. The third kappa shape index (κ3) is 10.1. The average Bonchev–Trinajstić information content (AvgIpc) is 2.70. The third-order valence-corrected chi connectivity index (χ3v) is 7.35. The van der Waals surface area contributed by atoms with Crippen LogP contribution in [0.4, 0.5) is 0 Å². The molecule has 0 saturated heterocycles. The first-order valence-electron chi connectivity index (χ1n) is 13.1. The summed E-state index contributed by atoms with van der Waals surface area (Å²) in [5.74, 6) is 1.17. The van der Waals surface area contributed by atoms with Gasteiger partial charge in [-0.25, -0.2) is 0 Å². The van der Waals surface area contributed by atoms with E-state index in [1.807, 2.05) is 0 Å². The molecule has 0 spiro atoms. The number of hydrogen-bond acceptors (Lipinski definition) is 2. The van der Waals surface area contributed by atoms with E-state index in [4.69, 9.17) is 4.74 Å². The Morgan fingerprint density at radius 3 is 1.61 bits per heavy atom. The largest absolute Gasteiger partial charge is 0.393 e. The van der Waals surface area contributed by atoms with Crippen LogP contribution in [0.2, 0.25) is 0 Å². The van der Waals surface area contributed by atoms with Crippen LogP contribution in [0.1, 0.15) is 135 Å². The summed E-state index contributed by atoms with van der Waals surface area (Å²) in [6.45, 7) is 3.21. The molecule has 3 aliphatic carbocycles. The Labute approximate surface area is 176 Å². The van der Waals surface area contributed by atoms with Gasteiger partial charge < -0.3 is 9.84 Å². The molecule has 3 fully saturated rings. The minimum absolute atomic E-state index is 0.0803. The molecular weight excluding hydrogens is 344 g/mol. The molecule has 1 N–H and O–H groups in total. The lowest BCUT2D eigenvalue weighted by Crippen LogP contribution is -2.45. The fraction of sp³-hybridized carbons (Fsp3) is 1.00. The van der Waals surface area contributed by atoms with Crippen LogP contribution in [0.15, 0.2) is 0 Å². The minimum Gasteiger partial charge on any atom is -0.393 e. The van der Waals surface area contributed by atoms with Crippen molar-refractivity contribution in [2.75, 3.05) is 6.61 Å². The van der Waals surface area contributed by atoms with Gasteiger partial charge in [-0.05, 0) is 38.0 Å². The second-order valence-electron chi connectivity index (χ2n) is 9.86. The minimum atomic E-state index is -0.0803. The maximum Gasteiger partial charge on any atom is 0.0630 e. The zero-order valence-corrected chi connectivity index (χ0v) is 19.0. The van der Waals surface area contributed by atoms with Gasteiger partial charge in [-0.1, -0.05) is 103 Å². The summed E-state index contributed by atoms with van der Waals surface area (Å²) >= 11 is 0. The monoisotopic (exact) mass is 394 g/mol.